The molecule has 5 aromatic rings. The SMILES string of the molecule is CCCCc1cn(-c2cccn2C)c(=O)n1Cc1cnccc1-c1ccc(-c2nnn[nH]2)cc1. The number of pyridine rings is 1. The molecule has 9 nitrogen and oxygen atoms in total. The van der Waals surface area contributed by atoms with Gasteiger partial charge in [0.15, 0.2) is 5.82 Å². The molecule has 0 spiro atoms. The van der Waals surface area contributed by atoms with Gasteiger partial charge in [0.2, 0.25) is 0 Å². The molecule has 0 fully saturated rings. The van der Waals surface area contributed by atoms with Crippen molar-refractivity contribution < 1.29 is 0 Å². The average molecular weight is 455 g/mol. The molecule has 0 saturated heterocycles. The first kappa shape index (κ1) is 21.6. The van der Waals surface area contributed by atoms with Gasteiger partial charge in [-0.05, 0) is 58.2 Å². The molecule has 0 aliphatic carbocycles. The van der Waals surface area contributed by atoms with E-state index in [2.05, 4.69) is 32.5 Å². The van der Waals surface area contributed by atoms with Crippen LogP contribution in [0, 0.1) is 0 Å². The van der Waals surface area contributed by atoms with E-state index in [0.29, 0.717) is 12.4 Å². The van der Waals surface area contributed by atoms with Crippen molar-refractivity contribution in [2.24, 2.45) is 7.05 Å². The third kappa shape index (κ3) is 4.07. The third-order valence-electron chi connectivity index (χ3n) is 6.06. The number of H-pyrrole nitrogens is 1. The molecule has 9 heteroatoms. The summed E-state index contributed by atoms with van der Waals surface area (Å²) in [5.41, 5.74) is 4.95. The Morgan fingerprint density at radius 2 is 1.88 bits per heavy atom. The van der Waals surface area contributed by atoms with Crippen molar-refractivity contribution >= 4 is 0 Å². The van der Waals surface area contributed by atoms with Crippen LogP contribution in [0.25, 0.3) is 28.3 Å². The van der Waals surface area contributed by atoms with Crippen molar-refractivity contribution in [1.29, 1.82) is 0 Å². The van der Waals surface area contributed by atoms with Gasteiger partial charge in [0.1, 0.15) is 5.82 Å². The Bertz CT molecular complexity index is 1440. The second-order valence-electron chi connectivity index (χ2n) is 8.30. The molecule has 0 aliphatic heterocycles. The normalized spacial score (nSPS) is 11.2. The van der Waals surface area contributed by atoms with Crippen LogP contribution in [0.15, 0.2) is 72.0 Å². The number of rotatable bonds is 8. The van der Waals surface area contributed by atoms with Crippen LogP contribution >= 0.6 is 0 Å². The first-order valence-corrected chi connectivity index (χ1v) is 11.4. The van der Waals surface area contributed by atoms with Crippen LogP contribution in [0.1, 0.15) is 31.0 Å². The van der Waals surface area contributed by atoms with Gasteiger partial charge in [0.05, 0.1) is 6.54 Å². The van der Waals surface area contributed by atoms with E-state index in [0.717, 1.165) is 53.0 Å². The molecule has 34 heavy (non-hydrogen) atoms. The number of hydrogen-bond acceptors (Lipinski definition) is 5. The van der Waals surface area contributed by atoms with Crippen LogP contribution in [0.2, 0.25) is 0 Å². The van der Waals surface area contributed by atoms with E-state index >= 15 is 0 Å². The van der Waals surface area contributed by atoms with E-state index in [1.807, 2.05) is 77.2 Å². The number of benzene rings is 1. The summed E-state index contributed by atoms with van der Waals surface area (Å²) in [7, 11) is 1.95. The first-order valence-electron chi connectivity index (χ1n) is 11.4. The first-order chi connectivity index (χ1) is 16.7. The minimum Gasteiger partial charge on any atom is -0.337 e. The quantitative estimate of drug-likeness (QED) is 0.386. The molecular weight excluding hydrogens is 428 g/mol. The number of unbranched alkanes of at least 4 members (excludes halogenated alkanes) is 1. The number of aromatic nitrogens is 8. The Hall–Kier alpha value is -4.27. The van der Waals surface area contributed by atoms with Gasteiger partial charge in [0.25, 0.3) is 0 Å². The van der Waals surface area contributed by atoms with E-state index in [-0.39, 0.29) is 5.69 Å². The van der Waals surface area contributed by atoms with E-state index < -0.39 is 0 Å². The molecule has 0 amide bonds. The van der Waals surface area contributed by atoms with Gasteiger partial charge >= 0.3 is 5.69 Å². The predicted molar refractivity (Wildman–Crippen MR) is 130 cm³/mol. The Labute approximate surface area is 196 Å². The van der Waals surface area contributed by atoms with Crippen LogP contribution < -0.4 is 5.69 Å². The molecule has 0 bridgehead atoms. The lowest BCUT2D eigenvalue weighted by atomic mass is 10.00. The fourth-order valence-corrected chi connectivity index (χ4v) is 4.21. The highest BCUT2D eigenvalue weighted by molar-refractivity contribution is 5.69. The summed E-state index contributed by atoms with van der Waals surface area (Å²) in [4.78, 5) is 17.9. The van der Waals surface area contributed by atoms with Crippen molar-refractivity contribution in [2.75, 3.05) is 0 Å². The molecule has 0 aliphatic rings. The van der Waals surface area contributed by atoms with Crippen molar-refractivity contribution in [2.45, 2.75) is 32.7 Å². The van der Waals surface area contributed by atoms with Crippen molar-refractivity contribution in [3.63, 3.8) is 0 Å². The number of imidazole rings is 1. The van der Waals surface area contributed by atoms with Gasteiger partial charge in [-0.15, -0.1) is 5.10 Å². The van der Waals surface area contributed by atoms with E-state index in [4.69, 9.17) is 0 Å². The summed E-state index contributed by atoms with van der Waals surface area (Å²) in [5.74, 6) is 1.47. The second kappa shape index (κ2) is 9.30. The van der Waals surface area contributed by atoms with Crippen LogP contribution in [0.5, 0.6) is 0 Å². The molecule has 172 valence electrons. The number of aryl methyl sites for hydroxylation is 2. The molecule has 1 N–H and O–H groups in total. The van der Waals surface area contributed by atoms with Crippen LogP contribution in [-0.2, 0) is 20.0 Å². The maximum Gasteiger partial charge on any atom is 0.334 e. The largest absolute Gasteiger partial charge is 0.337 e. The lowest BCUT2D eigenvalue weighted by Crippen LogP contribution is -2.26. The maximum atomic E-state index is 13.5. The van der Waals surface area contributed by atoms with Crippen molar-refractivity contribution in [1.82, 2.24) is 39.3 Å². The molecule has 0 atom stereocenters. The molecule has 1 aromatic carbocycles. The zero-order valence-electron chi connectivity index (χ0n) is 19.2. The second-order valence-corrected chi connectivity index (χ2v) is 8.30. The summed E-state index contributed by atoms with van der Waals surface area (Å²) in [6.07, 6.45) is 10.5. The number of aromatic amines is 1. The molecule has 0 unspecified atom stereocenters. The third-order valence-corrected chi connectivity index (χ3v) is 6.06. The summed E-state index contributed by atoms with van der Waals surface area (Å²) < 4.78 is 5.56. The number of nitrogens with zero attached hydrogens (tertiary/aromatic N) is 7. The number of tetrazole rings is 1. The van der Waals surface area contributed by atoms with E-state index in [1.165, 1.54) is 0 Å². The van der Waals surface area contributed by atoms with Gasteiger partial charge in [-0.1, -0.05) is 37.6 Å². The average Bonchev–Trinajstić information content (AvgIpc) is 3.61. The van der Waals surface area contributed by atoms with Crippen LogP contribution in [0.4, 0.5) is 0 Å². The van der Waals surface area contributed by atoms with Crippen LogP contribution in [-0.4, -0.2) is 39.3 Å². The summed E-state index contributed by atoms with van der Waals surface area (Å²) in [6, 6.07) is 13.9. The minimum atomic E-state index is -0.0455. The summed E-state index contributed by atoms with van der Waals surface area (Å²) in [5, 5.41) is 14.0. The molecule has 5 rings (SSSR count). The van der Waals surface area contributed by atoms with E-state index in [1.54, 1.807) is 10.8 Å². The Morgan fingerprint density at radius 1 is 1.06 bits per heavy atom. The predicted octanol–water partition coefficient (Wildman–Crippen LogP) is 3.61. The zero-order chi connectivity index (χ0) is 23.5. The van der Waals surface area contributed by atoms with Gasteiger partial charge < -0.3 is 4.57 Å². The summed E-state index contributed by atoms with van der Waals surface area (Å²) >= 11 is 0. The van der Waals surface area contributed by atoms with Crippen LogP contribution in [0.3, 0.4) is 0 Å². The Morgan fingerprint density at radius 3 is 2.59 bits per heavy atom. The highest BCUT2D eigenvalue weighted by atomic mass is 16.1. The molecule has 0 saturated carbocycles. The van der Waals surface area contributed by atoms with Gasteiger partial charge in [0, 0.05) is 43.1 Å². The standard InChI is InChI=1S/C25H26N8O/c1-3-4-6-21-17-33(23-7-5-14-31(23)2)25(34)32(21)16-20-15-26-13-12-22(20)18-8-10-19(11-9-18)24-27-29-30-28-24/h5,7-15,17H,3-4,6,16H2,1-2H3,(H,27,28,29,30). The van der Waals surface area contributed by atoms with Gasteiger partial charge in [-0.25, -0.2) is 9.89 Å². The Balaban J connectivity index is 1.52. The molecule has 4 heterocycles. The number of nitrogens with one attached hydrogen (secondary N) is 1. The molecule has 0 radical (unpaired) electrons. The fraction of sp³-hybridized carbons (Fsp3) is 0.240. The van der Waals surface area contributed by atoms with Crippen molar-refractivity contribution in [3.05, 3.63) is 89.0 Å². The van der Waals surface area contributed by atoms with Gasteiger partial charge in [-0.3, -0.25) is 14.1 Å². The topological polar surface area (TPSA) is 99.2 Å². The zero-order valence-corrected chi connectivity index (χ0v) is 19.2. The lowest BCUT2D eigenvalue weighted by Gasteiger charge is -2.12. The highest BCUT2D eigenvalue weighted by Crippen LogP contribution is 2.26. The Kier molecular flexibility index (Phi) is 5.90. The fourth-order valence-electron chi connectivity index (χ4n) is 4.21. The van der Waals surface area contributed by atoms with E-state index in [9.17, 15) is 4.79 Å². The smallest absolute Gasteiger partial charge is 0.334 e. The van der Waals surface area contributed by atoms with Gasteiger partial charge in [-0.2, -0.15) is 0 Å². The molecular formula is C25H26N8O. The summed E-state index contributed by atoms with van der Waals surface area (Å²) in [6.45, 7) is 2.61. The highest BCUT2D eigenvalue weighted by Gasteiger charge is 2.16. The lowest BCUT2D eigenvalue weighted by molar-refractivity contribution is 0.670. The molecule has 4 aromatic heterocycles. The minimum absolute atomic E-state index is 0.0455. The maximum absolute atomic E-state index is 13.5. The monoisotopic (exact) mass is 454 g/mol. The number of hydrogen-bond donors (Lipinski definition) is 1. The van der Waals surface area contributed by atoms with Crippen molar-refractivity contribution in [3.8, 4) is 28.3 Å².